The van der Waals surface area contributed by atoms with Crippen molar-refractivity contribution in [3.63, 3.8) is 0 Å². The van der Waals surface area contributed by atoms with E-state index >= 15 is 0 Å². The van der Waals surface area contributed by atoms with Crippen molar-refractivity contribution in [2.24, 2.45) is 0 Å². The predicted molar refractivity (Wildman–Crippen MR) is 88.2 cm³/mol. The number of rotatable bonds is 3. The van der Waals surface area contributed by atoms with Crippen LogP contribution in [0.5, 0.6) is 0 Å². The summed E-state index contributed by atoms with van der Waals surface area (Å²) in [5.41, 5.74) is 3.72. The van der Waals surface area contributed by atoms with Crippen LogP contribution in [0.2, 0.25) is 0 Å². The lowest BCUT2D eigenvalue weighted by Crippen LogP contribution is -2.10. The summed E-state index contributed by atoms with van der Waals surface area (Å²) < 4.78 is 4.92. The van der Waals surface area contributed by atoms with Crippen molar-refractivity contribution in [3.05, 3.63) is 52.7 Å². The predicted octanol–water partition coefficient (Wildman–Crippen LogP) is 4.30. The highest BCUT2D eigenvalue weighted by molar-refractivity contribution is 7.14. The van der Waals surface area contributed by atoms with Crippen molar-refractivity contribution >= 4 is 22.4 Å². The molecule has 1 aromatic carbocycles. The molecule has 0 aliphatic rings. The number of thiazole rings is 1. The third-order valence-corrected chi connectivity index (χ3v) is 3.68. The molecule has 0 aliphatic heterocycles. The van der Waals surface area contributed by atoms with E-state index in [2.05, 4.69) is 15.5 Å². The Balaban J connectivity index is 0.00000176. The van der Waals surface area contributed by atoms with E-state index in [1.807, 2.05) is 36.6 Å². The minimum Gasteiger partial charge on any atom is -0.351 e. The van der Waals surface area contributed by atoms with Gasteiger partial charge in [0.05, 0.1) is 11.4 Å². The normalized spacial score (nSPS) is 10.1. The van der Waals surface area contributed by atoms with Gasteiger partial charge in [-0.15, -0.1) is 11.3 Å². The van der Waals surface area contributed by atoms with Crippen LogP contribution in [0.1, 0.15) is 29.2 Å². The Hall–Kier alpha value is -2.47. The quantitative estimate of drug-likeness (QED) is 0.782. The summed E-state index contributed by atoms with van der Waals surface area (Å²) in [6.07, 6.45) is 0. The molecule has 1 amide bonds. The van der Waals surface area contributed by atoms with Crippen molar-refractivity contribution in [2.75, 3.05) is 5.32 Å². The number of aryl methyl sites for hydroxylation is 2. The summed E-state index contributed by atoms with van der Waals surface area (Å²) in [7, 11) is 0. The van der Waals surface area contributed by atoms with Crippen molar-refractivity contribution in [1.82, 2.24) is 10.1 Å². The van der Waals surface area contributed by atoms with E-state index in [9.17, 15) is 4.79 Å². The number of carbonyl (C=O) groups excluding carboxylic acids is 1. The molecule has 3 rings (SSSR count). The molecule has 2 heterocycles. The molecule has 0 saturated heterocycles. The molecule has 5 nitrogen and oxygen atoms in total. The Kier molecular flexibility index (Phi) is 4.72. The van der Waals surface area contributed by atoms with Gasteiger partial charge in [0.25, 0.3) is 5.91 Å². The maximum absolute atomic E-state index is 11.9. The fraction of sp³-hybridized carbons (Fsp3) is 0.188. The summed E-state index contributed by atoms with van der Waals surface area (Å²) in [5, 5.41) is 8.84. The van der Waals surface area contributed by atoms with Crippen LogP contribution in [0.15, 0.2) is 40.2 Å². The van der Waals surface area contributed by atoms with Crippen LogP contribution in [-0.2, 0) is 0 Å². The zero-order valence-corrected chi connectivity index (χ0v) is 12.4. The van der Waals surface area contributed by atoms with Gasteiger partial charge in [-0.25, -0.2) is 4.98 Å². The molecule has 0 spiro atoms. The maximum atomic E-state index is 11.9. The second-order valence-corrected chi connectivity index (χ2v) is 5.55. The summed E-state index contributed by atoms with van der Waals surface area (Å²) in [6.45, 7) is 3.80. The lowest BCUT2D eigenvalue weighted by Gasteiger charge is -1.98. The molecular weight excluding hydrogens is 298 g/mol. The monoisotopic (exact) mass is 315 g/mol. The summed E-state index contributed by atoms with van der Waals surface area (Å²) in [5.74, 6) is -0.167. The molecule has 0 radical (unpaired) electrons. The van der Waals surface area contributed by atoms with Gasteiger partial charge >= 0.3 is 0 Å². The van der Waals surface area contributed by atoms with E-state index < -0.39 is 0 Å². The number of hydrogen-bond donors (Lipinski definition) is 1. The molecule has 0 unspecified atom stereocenters. The van der Waals surface area contributed by atoms with Gasteiger partial charge in [0.15, 0.2) is 5.13 Å². The Morgan fingerprint density at radius 1 is 1.23 bits per heavy atom. The van der Waals surface area contributed by atoms with Crippen molar-refractivity contribution < 1.29 is 9.32 Å². The van der Waals surface area contributed by atoms with Gasteiger partial charge in [0.2, 0.25) is 5.76 Å². The zero-order valence-electron chi connectivity index (χ0n) is 11.6. The Labute approximate surface area is 133 Å². The largest absolute Gasteiger partial charge is 0.351 e. The van der Waals surface area contributed by atoms with Gasteiger partial charge in [-0.1, -0.05) is 42.4 Å². The molecule has 2 aromatic heterocycles. The Morgan fingerprint density at radius 2 is 1.95 bits per heavy atom. The van der Waals surface area contributed by atoms with E-state index in [0.29, 0.717) is 10.8 Å². The molecule has 0 fully saturated rings. The molecule has 6 heteroatoms. The smallest absolute Gasteiger partial charge is 0.296 e. The van der Waals surface area contributed by atoms with E-state index in [1.165, 1.54) is 16.9 Å². The molecule has 0 bridgehead atoms. The first kappa shape index (κ1) is 15.9. The van der Waals surface area contributed by atoms with Gasteiger partial charge in [-0.2, -0.15) is 0 Å². The summed E-state index contributed by atoms with van der Waals surface area (Å²) >= 11 is 1.37. The third-order valence-electron chi connectivity index (χ3n) is 2.92. The van der Waals surface area contributed by atoms with Crippen LogP contribution in [0.4, 0.5) is 5.13 Å². The number of nitrogens with one attached hydrogen (secondary N) is 1. The standard InChI is InChI=1S/C15H13N3O2S.CH4/c1-9-3-5-11(6-4-9)12-8-21-15(16-12)17-14(19)13-7-10(2)18-20-13;/h3-8H,1-2H3,(H,16,17,19);1H4. The highest BCUT2D eigenvalue weighted by Gasteiger charge is 2.14. The fourth-order valence-corrected chi connectivity index (χ4v) is 2.53. The molecule has 0 atom stereocenters. The minimum atomic E-state index is -0.347. The van der Waals surface area contributed by atoms with Crippen molar-refractivity contribution in [2.45, 2.75) is 21.3 Å². The Morgan fingerprint density at radius 3 is 2.59 bits per heavy atom. The van der Waals surface area contributed by atoms with Gasteiger partial charge in [-0.05, 0) is 13.8 Å². The van der Waals surface area contributed by atoms with Crippen LogP contribution in [0.25, 0.3) is 11.3 Å². The molecule has 3 aromatic rings. The number of hydrogen-bond acceptors (Lipinski definition) is 5. The molecular formula is C16H17N3O2S. The first-order valence-electron chi connectivity index (χ1n) is 6.39. The second-order valence-electron chi connectivity index (χ2n) is 4.69. The van der Waals surface area contributed by atoms with Gasteiger partial charge in [-0.3, -0.25) is 10.1 Å². The Bertz CT molecular complexity index is 775. The van der Waals surface area contributed by atoms with Gasteiger partial charge < -0.3 is 4.52 Å². The average molecular weight is 315 g/mol. The number of benzene rings is 1. The van der Waals surface area contributed by atoms with E-state index in [1.54, 1.807) is 13.0 Å². The van der Waals surface area contributed by atoms with Crippen LogP contribution < -0.4 is 5.32 Å². The van der Waals surface area contributed by atoms with Gasteiger partial charge in [0.1, 0.15) is 0 Å². The van der Waals surface area contributed by atoms with E-state index in [-0.39, 0.29) is 19.1 Å². The average Bonchev–Trinajstić information content (AvgIpc) is 3.09. The molecule has 114 valence electrons. The van der Waals surface area contributed by atoms with Crippen molar-refractivity contribution in [1.29, 1.82) is 0 Å². The first-order valence-corrected chi connectivity index (χ1v) is 7.27. The zero-order chi connectivity index (χ0) is 14.8. The van der Waals surface area contributed by atoms with Crippen LogP contribution in [0, 0.1) is 13.8 Å². The van der Waals surface area contributed by atoms with Gasteiger partial charge in [0, 0.05) is 17.0 Å². The van der Waals surface area contributed by atoms with E-state index in [0.717, 1.165) is 11.3 Å². The minimum absolute atomic E-state index is 0. The second kappa shape index (κ2) is 6.53. The molecule has 0 saturated carbocycles. The highest BCUT2D eigenvalue weighted by atomic mass is 32.1. The summed E-state index contributed by atoms with van der Waals surface area (Å²) in [6, 6.07) is 9.67. The number of nitrogens with zero attached hydrogens (tertiary/aromatic N) is 2. The van der Waals surface area contributed by atoms with Crippen molar-refractivity contribution in [3.8, 4) is 11.3 Å². The molecule has 22 heavy (non-hydrogen) atoms. The lowest BCUT2D eigenvalue weighted by atomic mass is 10.1. The maximum Gasteiger partial charge on any atom is 0.296 e. The number of carbonyl (C=O) groups is 1. The number of aromatic nitrogens is 2. The fourth-order valence-electron chi connectivity index (χ4n) is 1.82. The molecule has 1 N–H and O–H groups in total. The van der Waals surface area contributed by atoms with Crippen LogP contribution >= 0.6 is 11.3 Å². The number of amides is 1. The number of anilines is 1. The SMILES string of the molecule is C.Cc1ccc(-c2csc(NC(=O)c3cc(C)no3)n2)cc1. The van der Waals surface area contributed by atoms with Crippen LogP contribution in [-0.4, -0.2) is 16.0 Å². The topological polar surface area (TPSA) is 68.0 Å². The molecule has 0 aliphatic carbocycles. The third kappa shape index (κ3) is 3.40. The first-order chi connectivity index (χ1) is 10.1. The van der Waals surface area contributed by atoms with Crippen LogP contribution in [0.3, 0.4) is 0 Å². The highest BCUT2D eigenvalue weighted by Crippen LogP contribution is 2.25. The lowest BCUT2D eigenvalue weighted by molar-refractivity contribution is 0.0988. The van der Waals surface area contributed by atoms with E-state index in [4.69, 9.17) is 4.52 Å². The summed E-state index contributed by atoms with van der Waals surface area (Å²) in [4.78, 5) is 16.3.